The molecule has 0 aromatic heterocycles. The number of nitriles is 1. The van der Waals surface area contributed by atoms with Gasteiger partial charge in [0.15, 0.2) is 23.0 Å². The Bertz CT molecular complexity index is 1640. The molecule has 2 fully saturated rings. The number of rotatable bonds is 2. The van der Waals surface area contributed by atoms with E-state index >= 15 is 0 Å². The molecule has 13 heteroatoms. The zero-order valence-corrected chi connectivity index (χ0v) is 25.9. The molecule has 4 bridgehead atoms. The third kappa shape index (κ3) is 3.94. The minimum Gasteiger partial charge on any atom is -0.504 e. The van der Waals surface area contributed by atoms with Crippen LogP contribution >= 0.6 is 11.8 Å². The number of phenols is 1. The van der Waals surface area contributed by atoms with Crippen molar-refractivity contribution < 1.29 is 38.4 Å². The van der Waals surface area contributed by atoms with E-state index in [1.165, 1.54) is 25.8 Å². The minimum absolute atomic E-state index is 0.0270. The van der Waals surface area contributed by atoms with Crippen molar-refractivity contribution in [3.8, 4) is 34.8 Å². The molecule has 12 nitrogen and oxygen atoms in total. The lowest BCUT2D eigenvalue weighted by atomic mass is 9.71. The zero-order chi connectivity index (χ0) is 31.2. The Morgan fingerprint density at radius 3 is 2.64 bits per heavy atom. The van der Waals surface area contributed by atoms with Gasteiger partial charge in [-0.15, -0.1) is 11.8 Å². The standard InChI is InChI=1S/C31H34N4O8S/c1-12-6-15-7-17-18(8-32)35-19-9-40-31(38)16(33)10-44-30(24(35)23(34(17)4)20(15)25(37)26(12)39-5)22-21(19)29-28(41-11-42-29)13(2)27(22)43-14(3)36/h6,16-19,23-24,30,37H,7,9-11,33H2,1-5H3/t16?,17-,18+,19+,23?,24-,30-/m1/s1. The molecule has 7 rings (SSSR count). The number of thioether (sulfide) groups is 1. The van der Waals surface area contributed by atoms with Crippen molar-refractivity contribution in [2.75, 3.05) is 33.3 Å². The lowest BCUT2D eigenvalue weighted by Gasteiger charge is -2.61. The van der Waals surface area contributed by atoms with Crippen LogP contribution < -0.4 is 24.7 Å². The van der Waals surface area contributed by atoms with Crippen LogP contribution in [-0.2, 0) is 20.7 Å². The van der Waals surface area contributed by atoms with Gasteiger partial charge in [-0.1, -0.05) is 6.07 Å². The summed E-state index contributed by atoms with van der Waals surface area (Å²) in [5.41, 5.74) is 10.8. The van der Waals surface area contributed by atoms with Gasteiger partial charge in [0.25, 0.3) is 0 Å². The highest BCUT2D eigenvalue weighted by molar-refractivity contribution is 7.99. The zero-order valence-electron chi connectivity index (χ0n) is 25.1. The van der Waals surface area contributed by atoms with E-state index in [-0.39, 0.29) is 30.9 Å². The number of aromatic hydroxyl groups is 1. The van der Waals surface area contributed by atoms with Crippen molar-refractivity contribution >= 4 is 23.7 Å². The van der Waals surface area contributed by atoms with Crippen molar-refractivity contribution in [2.45, 2.75) is 68.7 Å². The number of carbonyl (C=O) groups is 2. The van der Waals surface area contributed by atoms with E-state index in [4.69, 9.17) is 29.4 Å². The summed E-state index contributed by atoms with van der Waals surface area (Å²) in [4.78, 5) is 29.8. The summed E-state index contributed by atoms with van der Waals surface area (Å²) >= 11 is 1.44. The van der Waals surface area contributed by atoms with Gasteiger partial charge in [0, 0.05) is 47.0 Å². The lowest BCUT2D eigenvalue weighted by molar-refractivity contribution is -0.150. The fraction of sp³-hybridized carbons (Fsp3) is 0.516. The van der Waals surface area contributed by atoms with Gasteiger partial charge in [-0.05, 0) is 38.4 Å². The second kappa shape index (κ2) is 10.4. The van der Waals surface area contributed by atoms with E-state index in [2.05, 4.69) is 15.9 Å². The first-order valence-corrected chi connectivity index (χ1v) is 15.6. The fourth-order valence-electron chi connectivity index (χ4n) is 7.98. The SMILES string of the molecule is COc1c(C)cc2c(c1O)C1[C@@H]3[C@@H]4SCC(N)C(=O)OC[C@@H](c5c6c(c(C)c(OC(C)=O)c54)OCO6)N3[C@@H](C#N)[C@@H](C2)N1C. The van der Waals surface area contributed by atoms with Crippen LogP contribution in [0.25, 0.3) is 0 Å². The highest BCUT2D eigenvalue weighted by Gasteiger charge is 2.60. The number of hydrogen-bond donors (Lipinski definition) is 2. The van der Waals surface area contributed by atoms with Crippen molar-refractivity contribution in [1.82, 2.24) is 9.80 Å². The lowest BCUT2D eigenvalue weighted by Crippen LogP contribution is -2.69. The summed E-state index contributed by atoms with van der Waals surface area (Å²) in [5.74, 6) is 0.953. The van der Waals surface area contributed by atoms with E-state index in [9.17, 15) is 20.0 Å². The number of benzene rings is 2. The number of fused-ring (bicyclic) bond motifs is 9. The first-order chi connectivity index (χ1) is 21.1. The van der Waals surface area contributed by atoms with Gasteiger partial charge in [-0.3, -0.25) is 19.4 Å². The van der Waals surface area contributed by atoms with Crippen LogP contribution in [0.4, 0.5) is 0 Å². The number of phenolic OH excluding ortho intramolecular Hbond substituents is 1. The van der Waals surface area contributed by atoms with E-state index in [0.29, 0.717) is 40.5 Å². The molecule has 0 aliphatic carbocycles. The second-order valence-electron chi connectivity index (χ2n) is 12.0. The molecule has 7 atom stereocenters. The third-order valence-corrected chi connectivity index (χ3v) is 11.1. The van der Waals surface area contributed by atoms with Crippen molar-refractivity contribution in [2.24, 2.45) is 5.73 Å². The maximum Gasteiger partial charge on any atom is 0.323 e. The Balaban J connectivity index is 1.56. The fourth-order valence-corrected chi connectivity index (χ4v) is 9.42. The van der Waals surface area contributed by atoms with Crippen LogP contribution in [0.15, 0.2) is 6.07 Å². The molecule has 2 aromatic rings. The Kier molecular flexibility index (Phi) is 6.89. The molecule has 2 aromatic carbocycles. The number of likely N-dealkylation sites (N-methyl/N-ethyl adjacent to an activating group) is 1. The van der Waals surface area contributed by atoms with Crippen LogP contribution in [0.1, 0.15) is 57.6 Å². The monoisotopic (exact) mass is 622 g/mol. The largest absolute Gasteiger partial charge is 0.504 e. The number of piperazine rings is 1. The summed E-state index contributed by atoms with van der Waals surface area (Å²) in [5, 5.41) is 22.1. The molecular weight excluding hydrogens is 588 g/mol. The topological polar surface area (TPSA) is 157 Å². The first-order valence-electron chi connectivity index (χ1n) is 14.5. The van der Waals surface area contributed by atoms with Gasteiger partial charge in [-0.25, -0.2) is 0 Å². The molecule has 5 aliphatic heterocycles. The molecule has 0 spiro atoms. The molecule has 0 radical (unpaired) electrons. The molecule has 44 heavy (non-hydrogen) atoms. The van der Waals surface area contributed by atoms with Crippen LogP contribution in [0.5, 0.6) is 28.7 Å². The number of aryl methyl sites for hydroxylation is 1. The highest BCUT2D eigenvalue weighted by atomic mass is 32.2. The molecule has 2 unspecified atom stereocenters. The average molecular weight is 623 g/mol. The number of nitrogens with zero attached hydrogens (tertiary/aromatic N) is 3. The smallest absolute Gasteiger partial charge is 0.323 e. The van der Waals surface area contributed by atoms with Crippen molar-refractivity contribution in [1.29, 1.82) is 5.26 Å². The van der Waals surface area contributed by atoms with Crippen LogP contribution in [0.2, 0.25) is 0 Å². The maximum absolute atomic E-state index is 13.0. The number of hydrogen-bond acceptors (Lipinski definition) is 13. The summed E-state index contributed by atoms with van der Waals surface area (Å²) in [6, 6.07) is 1.36. The molecule has 2 saturated heterocycles. The minimum atomic E-state index is -0.890. The molecule has 5 heterocycles. The summed E-state index contributed by atoms with van der Waals surface area (Å²) < 4.78 is 29.4. The van der Waals surface area contributed by atoms with Gasteiger partial charge in [-0.2, -0.15) is 5.26 Å². The molecule has 3 N–H and O–H groups in total. The van der Waals surface area contributed by atoms with Crippen LogP contribution in [-0.4, -0.2) is 84.3 Å². The molecule has 5 aliphatic rings. The van der Waals surface area contributed by atoms with Gasteiger partial charge in [0.2, 0.25) is 6.79 Å². The average Bonchev–Trinajstić information content (AvgIpc) is 3.47. The highest BCUT2D eigenvalue weighted by Crippen LogP contribution is 2.64. The van der Waals surface area contributed by atoms with E-state index in [0.717, 1.165) is 22.3 Å². The Labute approximate surface area is 258 Å². The molecule has 0 saturated carbocycles. The number of esters is 2. The van der Waals surface area contributed by atoms with E-state index in [1.54, 1.807) is 0 Å². The summed E-state index contributed by atoms with van der Waals surface area (Å²) in [6.45, 7) is 4.93. The van der Waals surface area contributed by atoms with Gasteiger partial charge in [0.1, 0.15) is 24.4 Å². The number of nitrogens with two attached hydrogens (primary N) is 1. The third-order valence-electron chi connectivity index (χ3n) is 9.69. The summed E-state index contributed by atoms with van der Waals surface area (Å²) in [6.07, 6.45) is 0.522. The second-order valence-corrected chi connectivity index (χ2v) is 13.2. The van der Waals surface area contributed by atoms with Crippen molar-refractivity contribution in [3.63, 3.8) is 0 Å². The number of cyclic esters (lactones) is 1. The van der Waals surface area contributed by atoms with Crippen LogP contribution in [0.3, 0.4) is 0 Å². The molecule has 232 valence electrons. The maximum atomic E-state index is 13.0. The number of carbonyl (C=O) groups excluding carboxylic acids is 2. The number of ether oxygens (including phenoxy) is 5. The normalized spacial score (nSPS) is 30.4. The molecule has 0 amide bonds. The van der Waals surface area contributed by atoms with Gasteiger partial charge >= 0.3 is 11.9 Å². The Hall–Kier alpha value is -3.70. The Morgan fingerprint density at radius 1 is 1.18 bits per heavy atom. The van der Waals surface area contributed by atoms with Crippen molar-refractivity contribution in [3.05, 3.63) is 39.4 Å². The predicted octanol–water partition coefficient (Wildman–Crippen LogP) is 2.56. The first kappa shape index (κ1) is 29.0. The van der Waals surface area contributed by atoms with E-state index < -0.39 is 47.4 Å². The predicted molar refractivity (Wildman–Crippen MR) is 158 cm³/mol. The van der Waals surface area contributed by atoms with Gasteiger partial charge in [0.05, 0.1) is 30.5 Å². The quantitative estimate of drug-likeness (QED) is 0.372. The Morgan fingerprint density at radius 2 is 1.93 bits per heavy atom. The van der Waals surface area contributed by atoms with Crippen LogP contribution in [0, 0.1) is 25.2 Å². The van der Waals surface area contributed by atoms with Gasteiger partial charge < -0.3 is 34.5 Å². The molecular formula is C31H34N4O8S. The summed E-state index contributed by atoms with van der Waals surface area (Å²) in [7, 11) is 3.51. The number of methoxy groups -OCH3 is 1. The van der Waals surface area contributed by atoms with E-state index in [1.807, 2.05) is 27.0 Å².